The van der Waals surface area contributed by atoms with Gasteiger partial charge in [0.1, 0.15) is 12.6 Å². The summed E-state index contributed by atoms with van der Waals surface area (Å²) in [6.45, 7) is 9.81. The van der Waals surface area contributed by atoms with Gasteiger partial charge in [0.05, 0.1) is 6.42 Å². The predicted octanol–water partition coefficient (Wildman–Crippen LogP) is 4.80. The average Bonchev–Trinajstić information content (AvgIpc) is 3.11. The SMILES string of the molecule is CC(C)C(CNC(=O)C(NC(=O)OCC1c2ccccc2-c2ccccc21)C(C)(C)C)CC(=O)O. The summed E-state index contributed by atoms with van der Waals surface area (Å²) >= 11 is 0. The fraction of sp³-hybridized carbons (Fsp3) is 0.464. The van der Waals surface area contributed by atoms with Crippen LogP contribution in [0.1, 0.15) is 58.1 Å². The van der Waals surface area contributed by atoms with Gasteiger partial charge in [-0.1, -0.05) is 83.1 Å². The lowest BCUT2D eigenvalue weighted by atomic mass is 9.85. The van der Waals surface area contributed by atoms with Crippen LogP contribution in [0.25, 0.3) is 11.1 Å². The summed E-state index contributed by atoms with van der Waals surface area (Å²) < 4.78 is 5.62. The molecule has 2 atom stereocenters. The van der Waals surface area contributed by atoms with E-state index in [-0.39, 0.29) is 43.2 Å². The second-order valence-corrected chi connectivity index (χ2v) is 10.6. The molecule has 2 aromatic carbocycles. The zero-order valence-electron chi connectivity index (χ0n) is 21.1. The topological polar surface area (TPSA) is 105 Å². The van der Waals surface area contributed by atoms with Crippen molar-refractivity contribution in [1.29, 1.82) is 0 Å². The Kier molecular flexibility index (Phi) is 8.20. The van der Waals surface area contributed by atoms with Gasteiger partial charge in [-0.15, -0.1) is 0 Å². The molecule has 0 saturated heterocycles. The van der Waals surface area contributed by atoms with Gasteiger partial charge in [0.15, 0.2) is 0 Å². The van der Waals surface area contributed by atoms with Gasteiger partial charge in [-0.3, -0.25) is 9.59 Å². The molecule has 3 rings (SSSR count). The molecule has 0 fully saturated rings. The van der Waals surface area contributed by atoms with Crippen molar-refractivity contribution in [2.24, 2.45) is 17.3 Å². The van der Waals surface area contributed by atoms with Crippen molar-refractivity contribution in [3.63, 3.8) is 0 Å². The molecule has 7 nitrogen and oxygen atoms in total. The van der Waals surface area contributed by atoms with E-state index >= 15 is 0 Å². The van der Waals surface area contributed by atoms with Crippen molar-refractivity contribution in [2.45, 2.75) is 53.0 Å². The van der Waals surface area contributed by atoms with E-state index in [2.05, 4.69) is 34.9 Å². The van der Waals surface area contributed by atoms with Crippen LogP contribution in [0.5, 0.6) is 0 Å². The van der Waals surface area contributed by atoms with Crippen LogP contribution in [0.4, 0.5) is 4.79 Å². The fourth-order valence-electron chi connectivity index (χ4n) is 4.53. The number of amides is 2. The van der Waals surface area contributed by atoms with Crippen molar-refractivity contribution in [3.05, 3.63) is 59.7 Å². The van der Waals surface area contributed by atoms with E-state index in [9.17, 15) is 14.4 Å². The molecule has 2 aromatic rings. The molecule has 0 aliphatic heterocycles. The summed E-state index contributed by atoms with van der Waals surface area (Å²) in [5, 5.41) is 14.7. The van der Waals surface area contributed by atoms with Crippen LogP contribution in [0.15, 0.2) is 48.5 Å². The van der Waals surface area contributed by atoms with Crippen molar-refractivity contribution >= 4 is 18.0 Å². The Morgan fingerprint density at radius 2 is 1.51 bits per heavy atom. The van der Waals surface area contributed by atoms with E-state index in [1.165, 1.54) is 0 Å². The molecule has 7 heteroatoms. The summed E-state index contributed by atoms with van der Waals surface area (Å²) in [5.41, 5.74) is 3.94. The lowest BCUT2D eigenvalue weighted by Crippen LogP contribution is -2.54. The number of nitrogens with one attached hydrogen (secondary N) is 2. The van der Waals surface area contributed by atoms with Gasteiger partial charge in [0.2, 0.25) is 5.91 Å². The molecule has 0 radical (unpaired) electrons. The van der Waals surface area contributed by atoms with Gasteiger partial charge in [0, 0.05) is 12.5 Å². The van der Waals surface area contributed by atoms with Crippen LogP contribution in [0.2, 0.25) is 0 Å². The van der Waals surface area contributed by atoms with E-state index in [1.54, 1.807) is 0 Å². The van der Waals surface area contributed by atoms with Crippen LogP contribution >= 0.6 is 0 Å². The number of carbonyl (C=O) groups is 3. The second kappa shape index (κ2) is 10.9. The largest absolute Gasteiger partial charge is 0.481 e. The van der Waals surface area contributed by atoms with E-state index in [0.717, 1.165) is 22.3 Å². The summed E-state index contributed by atoms with van der Waals surface area (Å²) in [4.78, 5) is 36.9. The van der Waals surface area contributed by atoms with Crippen LogP contribution < -0.4 is 10.6 Å². The highest BCUT2D eigenvalue weighted by atomic mass is 16.5. The van der Waals surface area contributed by atoms with Gasteiger partial charge in [0.25, 0.3) is 0 Å². The first-order chi connectivity index (χ1) is 16.5. The highest BCUT2D eigenvalue weighted by Gasteiger charge is 2.35. The van der Waals surface area contributed by atoms with Crippen LogP contribution in [0.3, 0.4) is 0 Å². The first-order valence-electron chi connectivity index (χ1n) is 12.1. The summed E-state index contributed by atoms with van der Waals surface area (Å²) in [6.07, 6.45) is -0.689. The second-order valence-electron chi connectivity index (χ2n) is 10.6. The molecule has 3 N–H and O–H groups in total. The zero-order valence-corrected chi connectivity index (χ0v) is 21.1. The van der Waals surface area contributed by atoms with Gasteiger partial charge in [-0.25, -0.2) is 4.79 Å². The van der Waals surface area contributed by atoms with E-state index in [4.69, 9.17) is 9.84 Å². The summed E-state index contributed by atoms with van der Waals surface area (Å²) in [5.74, 6) is -1.44. The Hall–Kier alpha value is -3.35. The van der Waals surface area contributed by atoms with Gasteiger partial charge < -0.3 is 20.5 Å². The van der Waals surface area contributed by atoms with E-state index < -0.39 is 23.5 Å². The number of hydrogen-bond donors (Lipinski definition) is 3. The quantitative estimate of drug-likeness (QED) is 0.478. The summed E-state index contributed by atoms with van der Waals surface area (Å²) in [6, 6.07) is 15.4. The minimum Gasteiger partial charge on any atom is -0.481 e. The third-order valence-electron chi connectivity index (χ3n) is 6.65. The molecule has 188 valence electrons. The normalized spacial score (nSPS) is 14.6. The average molecular weight is 481 g/mol. The molecule has 0 saturated carbocycles. The van der Waals surface area contributed by atoms with E-state index in [1.807, 2.05) is 58.9 Å². The number of carboxylic acids is 1. The third kappa shape index (κ3) is 6.41. The van der Waals surface area contributed by atoms with Crippen LogP contribution in [-0.4, -0.2) is 42.3 Å². The fourth-order valence-corrected chi connectivity index (χ4v) is 4.53. The molecule has 1 aliphatic rings. The number of fused-ring (bicyclic) bond motifs is 3. The van der Waals surface area contributed by atoms with Crippen molar-refractivity contribution < 1.29 is 24.2 Å². The van der Waals surface area contributed by atoms with Gasteiger partial charge >= 0.3 is 12.1 Å². The van der Waals surface area contributed by atoms with Gasteiger partial charge in [-0.05, 0) is 39.5 Å². The van der Waals surface area contributed by atoms with Crippen LogP contribution in [0, 0.1) is 17.3 Å². The lowest BCUT2D eigenvalue weighted by molar-refractivity contribution is -0.138. The molecule has 1 aliphatic carbocycles. The number of alkyl carbamates (subject to hydrolysis) is 1. The molecular weight excluding hydrogens is 444 g/mol. The molecule has 2 unspecified atom stereocenters. The molecule has 0 spiro atoms. The maximum absolute atomic E-state index is 13.0. The maximum Gasteiger partial charge on any atom is 0.407 e. The number of carboxylic acid groups (broad SMARTS) is 1. The smallest absolute Gasteiger partial charge is 0.407 e. The molecule has 35 heavy (non-hydrogen) atoms. The Morgan fingerprint density at radius 3 is 2.00 bits per heavy atom. The Bertz CT molecular complexity index is 1030. The predicted molar refractivity (Wildman–Crippen MR) is 135 cm³/mol. The molecule has 0 bridgehead atoms. The molecular formula is C28H36N2O5. The van der Waals surface area contributed by atoms with Crippen LogP contribution in [-0.2, 0) is 14.3 Å². The number of hydrogen-bond acceptors (Lipinski definition) is 4. The van der Waals surface area contributed by atoms with Crippen molar-refractivity contribution in [1.82, 2.24) is 10.6 Å². The monoisotopic (exact) mass is 480 g/mol. The van der Waals surface area contributed by atoms with Crippen molar-refractivity contribution in [2.75, 3.05) is 13.2 Å². The maximum atomic E-state index is 13.0. The molecule has 0 heterocycles. The Labute approximate surface area is 207 Å². The van der Waals surface area contributed by atoms with Gasteiger partial charge in [-0.2, -0.15) is 0 Å². The minimum absolute atomic E-state index is 0.0298. The Morgan fingerprint density at radius 1 is 0.971 bits per heavy atom. The first-order valence-corrected chi connectivity index (χ1v) is 12.1. The zero-order chi connectivity index (χ0) is 25.8. The number of benzene rings is 2. The van der Waals surface area contributed by atoms with Crippen molar-refractivity contribution in [3.8, 4) is 11.1 Å². The summed E-state index contributed by atoms with van der Waals surface area (Å²) in [7, 11) is 0. The number of carbonyl (C=O) groups excluding carboxylic acids is 2. The standard InChI is InChI=1S/C28H36N2O5/c1-17(2)18(14-24(31)32)15-29-26(33)25(28(3,4)5)30-27(34)35-16-23-21-12-8-6-10-19(21)20-11-7-9-13-22(20)23/h6-13,17-18,23,25H,14-16H2,1-5H3,(H,29,33)(H,30,34)(H,31,32). The number of aliphatic carboxylic acids is 1. The number of ether oxygens (including phenoxy) is 1. The lowest BCUT2D eigenvalue weighted by Gasteiger charge is -2.31. The first kappa shape index (κ1) is 26.3. The third-order valence-corrected chi connectivity index (χ3v) is 6.65. The van der Waals surface area contributed by atoms with E-state index in [0.29, 0.717) is 0 Å². The molecule has 2 amide bonds. The molecule has 0 aromatic heterocycles. The number of rotatable bonds is 9. The highest BCUT2D eigenvalue weighted by Crippen LogP contribution is 2.44. The minimum atomic E-state index is -0.901. The highest BCUT2D eigenvalue weighted by molar-refractivity contribution is 5.86. The Balaban J connectivity index is 1.64.